The van der Waals surface area contributed by atoms with Crippen LogP contribution in [0.15, 0.2) is 42.5 Å². The molecule has 0 fully saturated rings. The monoisotopic (exact) mass is 303 g/mol. The molecule has 0 bridgehead atoms. The first-order chi connectivity index (χ1) is 9.85. The molecule has 2 N–H and O–H groups in total. The predicted molar refractivity (Wildman–Crippen MR) is 88.0 cm³/mol. The van der Waals surface area contributed by atoms with Crippen molar-refractivity contribution in [1.82, 2.24) is 0 Å². The molecule has 21 heavy (non-hydrogen) atoms. The number of aryl methyl sites for hydroxylation is 3. The summed E-state index contributed by atoms with van der Waals surface area (Å²) >= 11 is 0. The van der Waals surface area contributed by atoms with Crippen molar-refractivity contribution in [3.63, 3.8) is 0 Å². The van der Waals surface area contributed by atoms with E-state index >= 15 is 0 Å². The van der Waals surface area contributed by atoms with Gasteiger partial charge in [-0.15, -0.1) is 0 Å². The molecular weight excluding hydrogens is 282 g/mol. The van der Waals surface area contributed by atoms with Crippen LogP contribution in [0.1, 0.15) is 22.3 Å². The Hall–Kier alpha value is -1.81. The third kappa shape index (κ3) is 4.60. The van der Waals surface area contributed by atoms with Gasteiger partial charge in [-0.05, 0) is 37.5 Å². The Bertz CT molecular complexity index is 716. The minimum absolute atomic E-state index is 0.0856. The van der Waals surface area contributed by atoms with Crippen molar-refractivity contribution in [2.24, 2.45) is 0 Å². The molecule has 0 heterocycles. The minimum Gasteiger partial charge on any atom is -0.399 e. The summed E-state index contributed by atoms with van der Waals surface area (Å²) in [6, 6.07) is 13.3. The predicted octanol–water partition coefficient (Wildman–Crippen LogP) is 3.04. The summed E-state index contributed by atoms with van der Waals surface area (Å²) in [5, 5.41) is 0. The molecule has 0 aliphatic rings. The number of nitrogens with two attached hydrogens (primary N) is 1. The molecule has 0 aliphatic heterocycles. The molecule has 0 radical (unpaired) electrons. The zero-order chi connectivity index (χ0) is 15.5. The third-order valence-corrected chi connectivity index (χ3v) is 5.00. The first-order valence-electron chi connectivity index (χ1n) is 6.97. The van der Waals surface area contributed by atoms with Gasteiger partial charge >= 0.3 is 0 Å². The third-order valence-electron chi connectivity index (χ3n) is 3.41. The zero-order valence-corrected chi connectivity index (χ0v) is 13.3. The van der Waals surface area contributed by atoms with E-state index in [-0.39, 0.29) is 11.5 Å². The Labute approximate surface area is 126 Å². The van der Waals surface area contributed by atoms with E-state index in [0.717, 1.165) is 22.3 Å². The SMILES string of the molecule is Cc1cc(C)cc(CS(=O)(=O)CCc2ccccc2N)c1. The average Bonchev–Trinajstić information content (AvgIpc) is 2.36. The van der Waals surface area contributed by atoms with Gasteiger partial charge in [0.1, 0.15) is 0 Å². The van der Waals surface area contributed by atoms with Crippen LogP contribution in [0.25, 0.3) is 0 Å². The summed E-state index contributed by atoms with van der Waals surface area (Å²) in [5.74, 6) is 0.205. The Morgan fingerprint density at radius 1 is 1.00 bits per heavy atom. The van der Waals surface area contributed by atoms with Crippen molar-refractivity contribution in [3.8, 4) is 0 Å². The van der Waals surface area contributed by atoms with E-state index in [2.05, 4.69) is 0 Å². The number of para-hydroxylation sites is 1. The lowest BCUT2D eigenvalue weighted by atomic mass is 10.1. The van der Waals surface area contributed by atoms with Crippen molar-refractivity contribution >= 4 is 15.5 Å². The molecular formula is C17H21NO2S. The van der Waals surface area contributed by atoms with Gasteiger partial charge in [0.2, 0.25) is 0 Å². The molecule has 2 aromatic rings. The van der Waals surface area contributed by atoms with Crippen LogP contribution in [0.2, 0.25) is 0 Å². The van der Waals surface area contributed by atoms with E-state index in [1.54, 1.807) is 6.07 Å². The van der Waals surface area contributed by atoms with Crippen molar-refractivity contribution in [3.05, 3.63) is 64.7 Å². The molecule has 2 aromatic carbocycles. The number of benzene rings is 2. The van der Waals surface area contributed by atoms with Crippen LogP contribution in [-0.4, -0.2) is 14.2 Å². The van der Waals surface area contributed by atoms with Gasteiger partial charge in [-0.1, -0.05) is 47.5 Å². The van der Waals surface area contributed by atoms with Gasteiger partial charge < -0.3 is 5.73 Å². The second kappa shape index (κ2) is 6.31. The van der Waals surface area contributed by atoms with Crippen LogP contribution in [-0.2, 0) is 22.0 Å². The number of anilines is 1. The molecule has 0 saturated carbocycles. The van der Waals surface area contributed by atoms with Crippen LogP contribution in [0, 0.1) is 13.8 Å². The maximum atomic E-state index is 12.3. The quantitative estimate of drug-likeness (QED) is 0.864. The summed E-state index contributed by atoms with van der Waals surface area (Å²) in [4.78, 5) is 0. The molecule has 3 nitrogen and oxygen atoms in total. The summed E-state index contributed by atoms with van der Waals surface area (Å²) in [7, 11) is -3.14. The maximum Gasteiger partial charge on any atom is 0.154 e. The second-order valence-corrected chi connectivity index (χ2v) is 7.72. The first kappa shape index (κ1) is 15.6. The van der Waals surface area contributed by atoms with Crippen LogP contribution >= 0.6 is 0 Å². The van der Waals surface area contributed by atoms with Crippen LogP contribution in [0.5, 0.6) is 0 Å². The minimum atomic E-state index is -3.14. The molecule has 112 valence electrons. The van der Waals surface area contributed by atoms with Crippen molar-refractivity contribution in [2.75, 3.05) is 11.5 Å². The Morgan fingerprint density at radius 3 is 2.24 bits per heavy atom. The first-order valence-corrected chi connectivity index (χ1v) is 8.79. The summed E-state index contributed by atoms with van der Waals surface area (Å²) in [5.41, 5.74) is 10.4. The molecule has 0 aromatic heterocycles. The van der Waals surface area contributed by atoms with Crippen molar-refractivity contribution in [2.45, 2.75) is 26.0 Å². The highest BCUT2D eigenvalue weighted by Gasteiger charge is 2.13. The highest BCUT2D eigenvalue weighted by Crippen LogP contribution is 2.16. The molecule has 0 amide bonds. The normalized spacial score (nSPS) is 11.5. The number of hydrogen-bond acceptors (Lipinski definition) is 3. The topological polar surface area (TPSA) is 60.2 Å². The molecule has 4 heteroatoms. The van der Waals surface area contributed by atoms with Gasteiger partial charge in [0, 0.05) is 5.69 Å². The lowest BCUT2D eigenvalue weighted by Crippen LogP contribution is -2.12. The molecule has 0 aliphatic carbocycles. The van der Waals surface area contributed by atoms with Gasteiger partial charge in [0.05, 0.1) is 11.5 Å². The number of hydrogen-bond donors (Lipinski definition) is 1. The number of sulfone groups is 1. The van der Waals surface area contributed by atoms with Crippen LogP contribution in [0.4, 0.5) is 5.69 Å². The smallest absolute Gasteiger partial charge is 0.154 e. The Morgan fingerprint density at radius 2 is 1.62 bits per heavy atom. The van der Waals surface area contributed by atoms with Gasteiger partial charge in [-0.2, -0.15) is 0 Å². The zero-order valence-electron chi connectivity index (χ0n) is 12.5. The van der Waals surface area contributed by atoms with Crippen LogP contribution < -0.4 is 5.73 Å². The lowest BCUT2D eigenvalue weighted by molar-refractivity contribution is 0.594. The summed E-state index contributed by atoms with van der Waals surface area (Å²) in [6.07, 6.45) is 0.458. The standard InChI is InChI=1S/C17H21NO2S/c1-13-9-14(2)11-15(10-13)12-21(19,20)8-7-16-5-3-4-6-17(16)18/h3-6,9-11H,7-8,12,18H2,1-2H3. The fourth-order valence-electron chi connectivity index (χ4n) is 2.51. The second-order valence-electron chi connectivity index (χ2n) is 5.54. The van der Waals surface area contributed by atoms with Gasteiger partial charge in [-0.3, -0.25) is 0 Å². The highest BCUT2D eigenvalue weighted by molar-refractivity contribution is 7.90. The fraction of sp³-hybridized carbons (Fsp3) is 0.294. The largest absolute Gasteiger partial charge is 0.399 e. The summed E-state index contributed by atoms with van der Waals surface area (Å²) in [6.45, 7) is 3.96. The van der Waals surface area contributed by atoms with Gasteiger partial charge in [0.25, 0.3) is 0 Å². The fourth-order valence-corrected chi connectivity index (χ4v) is 3.86. The molecule has 0 spiro atoms. The van der Waals surface area contributed by atoms with Crippen LogP contribution in [0.3, 0.4) is 0 Å². The highest BCUT2D eigenvalue weighted by atomic mass is 32.2. The van der Waals surface area contributed by atoms with E-state index in [9.17, 15) is 8.42 Å². The Balaban J connectivity index is 2.07. The molecule has 0 atom stereocenters. The molecule has 0 saturated heterocycles. The number of rotatable bonds is 5. The maximum absolute atomic E-state index is 12.3. The summed E-state index contributed by atoms with van der Waals surface area (Å²) < 4.78 is 24.5. The van der Waals surface area contributed by atoms with Crippen molar-refractivity contribution < 1.29 is 8.42 Å². The van der Waals surface area contributed by atoms with E-state index in [4.69, 9.17) is 5.73 Å². The van der Waals surface area contributed by atoms with E-state index < -0.39 is 9.84 Å². The lowest BCUT2D eigenvalue weighted by Gasteiger charge is -2.08. The molecule has 0 unspecified atom stereocenters. The van der Waals surface area contributed by atoms with E-state index in [1.807, 2.05) is 50.2 Å². The Kier molecular flexibility index (Phi) is 4.68. The molecule has 2 rings (SSSR count). The van der Waals surface area contributed by atoms with E-state index in [0.29, 0.717) is 12.1 Å². The van der Waals surface area contributed by atoms with E-state index in [1.165, 1.54) is 0 Å². The van der Waals surface area contributed by atoms with Gasteiger partial charge in [0.15, 0.2) is 9.84 Å². The number of nitrogen functional groups attached to an aromatic ring is 1. The van der Waals surface area contributed by atoms with Crippen molar-refractivity contribution in [1.29, 1.82) is 0 Å². The van der Waals surface area contributed by atoms with Gasteiger partial charge in [-0.25, -0.2) is 8.42 Å². The average molecular weight is 303 g/mol.